The number of nitrogens with zero attached hydrogens (tertiary/aromatic N) is 3. The molecule has 0 N–H and O–H groups in total. The van der Waals surface area contributed by atoms with Gasteiger partial charge in [0, 0.05) is 18.6 Å². The van der Waals surface area contributed by atoms with Crippen LogP contribution < -0.4 is 0 Å². The molecule has 17 heavy (non-hydrogen) atoms. The summed E-state index contributed by atoms with van der Waals surface area (Å²) < 4.78 is 24.1. The molecule has 0 spiro atoms. The lowest BCUT2D eigenvalue weighted by atomic mass is 10.3. The highest BCUT2D eigenvalue weighted by Crippen LogP contribution is 2.13. The van der Waals surface area contributed by atoms with Crippen LogP contribution in [-0.2, 0) is 15.7 Å². The molecule has 0 amide bonds. The molecule has 0 unspecified atom stereocenters. The average Bonchev–Trinajstić information content (AvgIpc) is 2.78. The predicted molar refractivity (Wildman–Crippen MR) is 64.0 cm³/mol. The molecule has 90 valence electrons. The molecule has 0 saturated heterocycles. The van der Waals surface area contributed by atoms with Gasteiger partial charge in [-0.2, -0.15) is 5.10 Å². The minimum absolute atomic E-state index is 0.182. The van der Waals surface area contributed by atoms with Gasteiger partial charge in [0.05, 0.1) is 23.5 Å². The fraction of sp³-hybridized carbons (Fsp3) is 0.200. The van der Waals surface area contributed by atoms with E-state index in [9.17, 15) is 8.42 Å². The van der Waals surface area contributed by atoms with E-state index >= 15 is 0 Å². The van der Waals surface area contributed by atoms with E-state index in [0.29, 0.717) is 11.6 Å². The van der Waals surface area contributed by atoms with E-state index < -0.39 is 9.84 Å². The number of halogens is 1. The first-order chi connectivity index (χ1) is 8.00. The van der Waals surface area contributed by atoms with Gasteiger partial charge in [-0.25, -0.2) is 13.1 Å². The molecule has 2 aromatic rings. The van der Waals surface area contributed by atoms with E-state index in [1.165, 1.54) is 17.1 Å². The number of hydrogen-bond acceptors (Lipinski definition) is 4. The number of rotatable bonds is 3. The molecule has 0 bridgehead atoms. The van der Waals surface area contributed by atoms with Crippen LogP contribution in [0.1, 0.15) is 5.69 Å². The van der Waals surface area contributed by atoms with Crippen molar-refractivity contribution in [3.8, 4) is 5.69 Å². The molecule has 0 radical (unpaired) electrons. The second-order valence-corrected chi connectivity index (χ2v) is 5.81. The van der Waals surface area contributed by atoms with Gasteiger partial charge in [0.15, 0.2) is 9.84 Å². The molecule has 7 heteroatoms. The lowest BCUT2D eigenvalue weighted by Crippen LogP contribution is -1.97. The first kappa shape index (κ1) is 12.1. The van der Waals surface area contributed by atoms with Crippen LogP contribution >= 0.6 is 11.6 Å². The summed E-state index contributed by atoms with van der Waals surface area (Å²) in [6.07, 6.45) is 5.53. The SMILES string of the molecule is CS(=O)(=O)c1cnn(-c2ccnc(CCl)c2)c1. The Labute approximate surface area is 104 Å². The van der Waals surface area contributed by atoms with Crippen molar-refractivity contribution in [2.75, 3.05) is 6.26 Å². The van der Waals surface area contributed by atoms with Crippen LogP contribution in [0.5, 0.6) is 0 Å². The molecule has 0 aliphatic heterocycles. The van der Waals surface area contributed by atoms with Crippen LogP contribution in [0.15, 0.2) is 35.6 Å². The topological polar surface area (TPSA) is 64.8 Å². The summed E-state index contributed by atoms with van der Waals surface area (Å²) >= 11 is 5.68. The summed E-state index contributed by atoms with van der Waals surface area (Å²) in [5, 5.41) is 3.99. The van der Waals surface area contributed by atoms with Crippen molar-refractivity contribution in [3.05, 3.63) is 36.4 Å². The van der Waals surface area contributed by atoms with Gasteiger partial charge in [-0.15, -0.1) is 11.6 Å². The van der Waals surface area contributed by atoms with Crippen LogP contribution in [0, 0.1) is 0 Å². The Balaban J connectivity index is 2.43. The van der Waals surface area contributed by atoms with E-state index in [2.05, 4.69) is 10.1 Å². The normalized spacial score (nSPS) is 11.6. The predicted octanol–water partition coefficient (Wildman–Crippen LogP) is 1.41. The smallest absolute Gasteiger partial charge is 0.178 e. The van der Waals surface area contributed by atoms with Gasteiger partial charge in [-0.1, -0.05) is 0 Å². The zero-order valence-electron chi connectivity index (χ0n) is 9.04. The molecule has 2 rings (SSSR count). The van der Waals surface area contributed by atoms with Crippen LogP contribution in [0.4, 0.5) is 0 Å². The maximum Gasteiger partial charge on any atom is 0.178 e. The van der Waals surface area contributed by atoms with Crippen LogP contribution in [0.2, 0.25) is 0 Å². The highest BCUT2D eigenvalue weighted by atomic mass is 35.5. The Hall–Kier alpha value is -1.40. The number of aromatic nitrogens is 3. The Kier molecular flexibility index (Phi) is 3.17. The molecule has 0 saturated carbocycles. The first-order valence-electron chi connectivity index (χ1n) is 4.77. The van der Waals surface area contributed by atoms with E-state index in [1.54, 1.807) is 18.3 Å². The minimum atomic E-state index is -3.23. The van der Waals surface area contributed by atoms with Crippen molar-refractivity contribution in [1.82, 2.24) is 14.8 Å². The van der Waals surface area contributed by atoms with Gasteiger partial charge in [0.1, 0.15) is 4.90 Å². The summed E-state index contributed by atoms with van der Waals surface area (Å²) in [5.41, 5.74) is 1.44. The van der Waals surface area contributed by atoms with E-state index in [1.807, 2.05) is 0 Å². The highest BCUT2D eigenvalue weighted by Gasteiger charge is 2.10. The quantitative estimate of drug-likeness (QED) is 0.792. The van der Waals surface area contributed by atoms with Gasteiger partial charge in [0.25, 0.3) is 0 Å². The van der Waals surface area contributed by atoms with Crippen LogP contribution in [-0.4, -0.2) is 29.4 Å². The maximum atomic E-state index is 11.3. The Bertz CT molecular complexity index is 637. The summed E-state index contributed by atoms with van der Waals surface area (Å²) in [7, 11) is -3.23. The fourth-order valence-corrected chi connectivity index (χ4v) is 2.00. The van der Waals surface area contributed by atoms with Crippen molar-refractivity contribution < 1.29 is 8.42 Å². The summed E-state index contributed by atoms with van der Waals surface area (Å²) in [5.74, 6) is 0.300. The Morgan fingerprint density at radius 3 is 2.82 bits per heavy atom. The third-order valence-corrected chi connectivity index (χ3v) is 3.53. The van der Waals surface area contributed by atoms with Gasteiger partial charge in [-0.05, 0) is 12.1 Å². The first-order valence-corrected chi connectivity index (χ1v) is 7.19. The standard InChI is InChI=1S/C10H10ClN3O2S/c1-17(15,16)10-6-13-14(7-10)9-2-3-12-8(4-9)5-11/h2-4,6-7H,5H2,1H3. The lowest BCUT2D eigenvalue weighted by Gasteiger charge is -2.01. The number of pyridine rings is 1. The molecule has 5 nitrogen and oxygen atoms in total. The van der Waals surface area contributed by atoms with Crippen molar-refractivity contribution >= 4 is 21.4 Å². The van der Waals surface area contributed by atoms with Crippen LogP contribution in [0.25, 0.3) is 5.69 Å². The second kappa shape index (κ2) is 4.46. The average molecular weight is 272 g/mol. The monoisotopic (exact) mass is 271 g/mol. The fourth-order valence-electron chi connectivity index (χ4n) is 1.32. The molecular weight excluding hydrogens is 262 g/mol. The van der Waals surface area contributed by atoms with Gasteiger partial charge in [0.2, 0.25) is 0 Å². The molecule has 0 aromatic carbocycles. The molecule has 2 heterocycles. The minimum Gasteiger partial charge on any atom is -0.260 e. The summed E-state index contributed by atoms with van der Waals surface area (Å²) in [6, 6.07) is 3.49. The molecular formula is C10H10ClN3O2S. The molecule has 2 aromatic heterocycles. The van der Waals surface area contributed by atoms with Gasteiger partial charge >= 0.3 is 0 Å². The maximum absolute atomic E-state index is 11.3. The van der Waals surface area contributed by atoms with Crippen molar-refractivity contribution in [1.29, 1.82) is 0 Å². The third-order valence-electron chi connectivity index (χ3n) is 2.19. The van der Waals surface area contributed by atoms with E-state index in [4.69, 9.17) is 11.6 Å². The Morgan fingerprint density at radius 1 is 1.47 bits per heavy atom. The summed E-state index contributed by atoms with van der Waals surface area (Å²) in [4.78, 5) is 4.23. The zero-order valence-corrected chi connectivity index (χ0v) is 10.6. The number of hydrogen-bond donors (Lipinski definition) is 0. The van der Waals surface area contributed by atoms with Crippen molar-refractivity contribution in [3.63, 3.8) is 0 Å². The molecule has 0 aliphatic rings. The van der Waals surface area contributed by atoms with Crippen molar-refractivity contribution in [2.45, 2.75) is 10.8 Å². The van der Waals surface area contributed by atoms with E-state index in [0.717, 1.165) is 11.9 Å². The summed E-state index contributed by atoms with van der Waals surface area (Å²) in [6.45, 7) is 0. The highest BCUT2D eigenvalue weighted by molar-refractivity contribution is 7.90. The molecule has 0 aliphatic carbocycles. The molecule has 0 atom stereocenters. The second-order valence-electron chi connectivity index (χ2n) is 3.53. The van der Waals surface area contributed by atoms with Gasteiger partial charge in [-0.3, -0.25) is 4.98 Å². The zero-order chi connectivity index (χ0) is 12.5. The van der Waals surface area contributed by atoms with Crippen molar-refractivity contribution in [2.24, 2.45) is 0 Å². The Morgan fingerprint density at radius 2 is 2.24 bits per heavy atom. The van der Waals surface area contributed by atoms with Crippen LogP contribution in [0.3, 0.4) is 0 Å². The number of sulfone groups is 1. The lowest BCUT2D eigenvalue weighted by molar-refractivity contribution is 0.602. The van der Waals surface area contributed by atoms with Gasteiger partial charge < -0.3 is 0 Å². The molecule has 0 fully saturated rings. The third kappa shape index (κ3) is 2.65. The largest absolute Gasteiger partial charge is 0.260 e. The number of alkyl halides is 1. The van der Waals surface area contributed by atoms with E-state index in [-0.39, 0.29) is 4.90 Å².